The van der Waals surface area contributed by atoms with Crippen LogP contribution in [0.15, 0.2) is 60.7 Å². The Morgan fingerprint density at radius 1 is 1.04 bits per heavy atom. The van der Waals surface area contributed by atoms with Gasteiger partial charge in [0, 0.05) is 14.1 Å². The van der Waals surface area contributed by atoms with E-state index in [9.17, 15) is 4.39 Å². The van der Waals surface area contributed by atoms with Gasteiger partial charge in [-0.3, -0.25) is 0 Å². The Labute approximate surface area is 154 Å². The van der Waals surface area contributed by atoms with Gasteiger partial charge in [0.15, 0.2) is 0 Å². The lowest BCUT2D eigenvalue weighted by Crippen LogP contribution is -2.61. The van der Waals surface area contributed by atoms with E-state index in [2.05, 4.69) is 67.2 Å². The van der Waals surface area contributed by atoms with Crippen molar-refractivity contribution in [2.45, 2.75) is 18.5 Å². The van der Waals surface area contributed by atoms with E-state index in [1.54, 1.807) is 19.2 Å². The van der Waals surface area contributed by atoms with Crippen molar-refractivity contribution in [1.29, 1.82) is 0 Å². The Morgan fingerprint density at radius 3 is 2.50 bits per heavy atom. The number of benzene rings is 2. The summed E-state index contributed by atoms with van der Waals surface area (Å²) in [5.41, 5.74) is 3.42. The molecule has 134 valence electrons. The third-order valence-electron chi connectivity index (χ3n) is 5.75. The molecule has 0 saturated carbocycles. The second-order valence-electron chi connectivity index (χ2n) is 7.11. The summed E-state index contributed by atoms with van der Waals surface area (Å²) in [4.78, 5) is 4.57. The fourth-order valence-corrected chi connectivity index (χ4v) is 4.22. The predicted octanol–water partition coefficient (Wildman–Crippen LogP) is 4.50. The lowest BCUT2D eigenvalue weighted by Gasteiger charge is -2.53. The van der Waals surface area contributed by atoms with E-state index in [0.717, 1.165) is 5.57 Å². The first kappa shape index (κ1) is 16.7. The van der Waals surface area contributed by atoms with Crippen molar-refractivity contribution < 1.29 is 9.13 Å². The SMILES string of the molecule is COc1cccc(F)c1C1=CC2(C)C(C=C1)N(C)c1ccccc1N2C. The number of anilines is 2. The van der Waals surface area contributed by atoms with Gasteiger partial charge in [-0.25, -0.2) is 4.39 Å². The zero-order valence-corrected chi connectivity index (χ0v) is 15.5. The topological polar surface area (TPSA) is 15.7 Å². The van der Waals surface area contributed by atoms with Crippen LogP contribution in [0.2, 0.25) is 0 Å². The van der Waals surface area contributed by atoms with Gasteiger partial charge in [0.1, 0.15) is 11.6 Å². The summed E-state index contributed by atoms with van der Waals surface area (Å²) < 4.78 is 20.0. The fourth-order valence-electron chi connectivity index (χ4n) is 4.22. The zero-order valence-electron chi connectivity index (χ0n) is 15.5. The molecule has 2 aromatic carbocycles. The van der Waals surface area contributed by atoms with Crippen LogP contribution in [0.5, 0.6) is 5.75 Å². The lowest BCUT2D eigenvalue weighted by atomic mass is 9.79. The van der Waals surface area contributed by atoms with Gasteiger partial charge >= 0.3 is 0 Å². The second-order valence-corrected chi connectivity index (χ2v) is 7.11. The number of ether oxygens (including phenoxy) is 1. The van der Waals surface area contributed by atoms with Crippen LogP contribution in [0, 0.1) is 5.82 Å². The number of methoxy groups -OCH3 is 1. The van der Waals surface area contributed by atoms with Gasteiger partial charge in [-0.05, 0) is 42.8 Å². The van der Waals surface area contributed by atoms with Gasteiger partial charge in [0.05, 0.1) is 35.6 Å². The van der Waals surface area contributed by atoms with Crippen molar-refractivity contribution in [2.24, 2.45) is 0 Å². The molecule has 1 aliphatic heterocycles. The molecule has 4 rings (SSSR count). The number of hydrogen-bond acceptors (Lipinski definition) is 3. The Hall–Kier alpha value is -2.75. The minimum Gasteiger partial charge on any atom is -0.496 e. The number of allylic oxidation sites excluding steroid dienone is 2. The van der Waals surface area contributed by atoms with Crippen LogP contribution >= 0.6 is 0 Å². The molecule has 0 fully saturated rings. The molecule has 26 heavy (non-hydrogen) atoms. The van der Waals surface area contributed by atoms with Gasteiger partial charge in [-0.2, -0.15) is 0 Å². The van der Waals surface area contributed by atoms with E-state index in [4.69, 9.17) is 4.74 Å². The Morgan fingerprint density at radius 2 is 1.77 bits per heavy atom. The highest BCUT2D eigenvalue weighted by atomic mass is 19.1. The molecule has 0 radical (unpaired) electrons. The Kier molecular flexibility index (Phi) is 3.79. The quantitative estimate of drug-likeness (QED) is 0.793. The summed E-state index contributed by atoms with van der Waals surface area (Å²) in [6, 6.07) is 13.5. The molecule has 0 N–H and O–H groups in total. The van der Waals surface area contributed by atoms with Crippen molar-refractivity contribution in [3.8, 4) is 5.75 Å². The van der Waals surface area contributed by atoms with Crippen LogP contribution in [-0.2, 0) is 0 Å². The second kappa shape index (κ2) is 5.90. The van der Waals surface area contributed by atoms with Crippen LogP contribution in [0.1, 0.15) is 12.5 Å². The summed E-state index contributed by atoms with van der Waals surface area (Å²) in [5.74, 6) is 0.282. The van der Waals surface area contributed by atoms with Crippen molar-refractivity contribution in [2.75, 3.05) is 31.0 Å². The molecule has 2 unspecified atom stereocenters. The zero-order chi connectivity index (χ0) is 18.5. The number of hydrogen-bond donors (Lipinski definition) is 0. The first-order valence-electron chi connectivity index (χ1n) is 8.77. The van der Waals surface area contributed by atoms with Crippen molar-refractivity contribution in [3.05, 3.63) is 72.1 Å². The number of likely N-dealkylation sites (N-methyl/N-ethyl adjacent to an activating group) is 2. The van der Waals surface area contributed by atoms with E-state index in [1.807, 2.05) is 6.08 Å². The fraction of sp³-hybridized carbons (Fsp3) is 0.273. The highest BCUT2D eigenvalue weighted by molar-refractivity contribution is 5.85. The van der Waals surface area contributed by atoms with E-state index in [1.165, 1.54) is 17.4 Å². The monoisotopic (exact) mass is 350 g/mol. The summed E-state index contributed by atoms with van der Waals surface area (Å²) in [6.45, 7) is 2.20. The molecule has 0 bridgehead atoms. The van der Waals surface area contributed by atoms with Gasteiger partial charge < -0.3 is 14.5 Å². The molecule has 0 saturated heterocycles. The van der Waals surface area contributed by atoms with Crippen molar-refractivity contribution >= 4 is 16.9 Å². The van der Waals surface area contributed by atoms with Crippen molar-refractivity contribution in [3.63, 3.8) is 0 Å². The molecule has 2 atom stereocenters. The standard InChI is InChI=1S/C22H23FN2O/c1-22-14-15(21-16(23)8-7-11-19(21)26-4)12-13-20(22)24(2)17-9-5-6-10-18(17)25(22)3/h5-14,20H,1-4H3. The highest BCUT2D eigenvalue weighted by Gasteiger charge is 2.44. The average Bonchev–Trinajstić information content (AvgIpc) is 2.65. The first-order chi connectivity index (χ1) is 12.5. The highest BCUT2D eigenvalue weighted by Crippen LogP contribution is 2.46. The van der Waals surface area contributed by atoms with Crippen LogP contribution in [0.25, 0.3) is 5.57 Å². The summed E-state index contributed by atoms with van der Waals surface area (Å²) in [7, 11) is 5.79. The molecule has 0 spiro atoms. The molecule has 2 aromatic rings. The Balaban J connectivity index is 1.87. The minimum absolute atomic E-state index is 0.156. The number of fused-ring (bicyclic) bond motifs is 2. The maximum Gasteiger partial charge on any atom is 0.134 e. The molecule has 3 nitrogen and oxygen atoms in total. The van der Waals surface area contributed by atoms with Crippen LogP contribution in [0.3, 0.4) is 0 Å². The third-order valence-corrected chi connectivity index (χ3v) is 5.75. The van der Waals surface area contributed by atoms with E-state index < -0.39 is 0 Å². The predicted molar refractivity (Wildman–Crippen MR) is 106 cm³/mol. The minimum atomic E-state index is -0.305. The van der Waals surface area contributed by atoms with E-state index in [-0.39, 0.29) is 17.4 Å². The van der Waals surface area contributed by atoms with Crippen LogP contribution in [0.4, 0.5) is 15.8 Å². The molecule has 2 aliphatic rings. The Bertz CT molecular complexity index is 920. The number of para-hydroxylation sites is 2. The largest absolute Gasteiger partial charge is 0.496 e. The molecular weight excluding hydrogens is 327 g/mol. The molecular formula is C22H23FN2O. The van der Waals surface area contributed by atoms with Crippen LogP contribution in [-0.4, -0.2) is 32.8 Å². The van der Waals surface area contributed by atoms with E-state index in [0.29, 0.717) is 11.3 Å². The summed E-state index contributed by atoms with van der Waals surface area (Å²) in [5, 5.41) is 0. The number of rotatable bonds is 2. The van der Waals surface area contributed by atoms with Gasteiger partial charge in [0.25, 0.3) is 0 Å². The summed E-state index contributed by atoms with van der Waals surface area (Å²) in [6.07, 6.45) is 6.32. The summed E-state index contributed by atoms with van der Waals surface area (Å²) >= 11 is 0. The molecule has 0 aromatic heterocycles. The van der Waals surface area contributed by atoms with Crippen molar-refractivity contribution in [1.82, 2.24) is 0 Å². The lowest BCUT2D eigenvalue weighted by molar-refractivity contribution is 0.409. The first-order valence-corrected chi connectivity index (χ1v) is 8.77. The normalized spacial score (nSPS) is 24.0. The number of halogens is 1. The third kappa shape index (κ3) is 2.25. The molecule has 1 heterocycles. The van der Waals surface area contributed by atoms with Gasteiger partial charge in [-0.15, -0.1) is 0 Å². The maximum atomic E-state index is 14.6. The van der Waals surface area contributed by atoms with Gasteiger partial charge in [-0.1, -0.05) is 30.4 Å². The van der Waals surface area contributed by atoms with Crippen LogP contribution < -0.4 is 14.5 Å². The smallest absolute Gasteiger partial charge is 0.134 e. The molecule has 4 heteroatoms. The molecule has 0 amide bonds. The average molecular weight is 350 g/mol. The number of nitrogens with zero attached hydrogens (tertiary/aromatic N) is 2. The van der Waals surface area contributed by atoms with Gasteiger partial charge in [0.2, 0.25) is 0 Å². The van der Waals surface area contributed by atoms with E-state index >= 15 is 0 Å². The maximum absolute atomic E-state index is 14.6. The molecule has 1 aliphatic carbocycles.